The number of benzene rings is 1. The Labute approximate surface area is 135 Å². The predicted molar refractivity (Wildman–Crippen MR) is 86.3 cm³/mol. The third-order valence-electron chi connectivity index (χ3n) is 3.34. The molecular weight excluding hydrogens is 296 g/mol. The van der Waals surface area contributed by atoms with Gasteiger partial charge in [-0.05, 0) is 23.8 Å². The first-order chi connectivity index (χ1) is 11.1. The maximum absolute atomic E-state index is 12.0. The fourth-order valence-corrected chi connectivity index (χ4v) is 2.14. The van der Waals surface area contributed by atoms with Crippen LogP contribution in [0.1, 0.15) is 5.56 Å². The lowest BCUT2D eigenvalue weighted by atomic mass is 10.2. The minimum atomic E-state index is -0.691. The zero-order valence-electron chi connectivity index (χ0n) is 13.3. The van der Waals surface area contributed by atoms with Gasteiger partial charge in [0.1, 0.15) is 0 Å². The van der Waals surface area contributed by atoms with Gasteiger partial charge in [-0.3, -0.25) is 0 Å². The molecule has 1 heterocycles. The van der Waals surface area contributed by atoms with Crippen molar-refractivity contribution in [1.82, 2.24) is 20.0 Å². The van der Waals surface area contributed by atoms with E-state index in [0.717, 1.165) is 11.3 Å². The molecule has 0 radical (unpaired) electrons. The van der Waals surface area contributed by atoms with Crippen molar-refractivity contribution < 1.29 is 14.6 Å². The van der Waals surface area contributed by atoms with Crippen LogP contribution in [0.2, 0.25) is 0 Å². The fraction of sp³-hybridized carbons (Fsp3) is 0.375. The smallest absolute Gasteiger partial charge is 0.317 e. The number of nitrogens with zero attached hydrogens (tertiary/aromatic N) is 3. The van der Waals surface area contributed by atoms with Gasteiger partial charge in [0.05, 0.1) is 24.9 Å². The minimum absolute atomic E-state index is 0.201. The first-order valence-corrected chi connectivity index (χ1v) is 7.35. The number of hydrogen-bond acceptors (Lipinski definition) is 4. The zero-order valence-corrected chi connectivity index (χ0v) is 13.3. The second kappa shape index (κ2) is 8.30. The van der Waals surface area contributed by atoms with E-state index in [4.69, 9.17) is 4.74 Å². The lowest BCUT2D eigenvalue weighted by molar-refractivity contribution is 0.0489. The van der Waals surface area contributed by atoms with E-state index >= 15 is 0 Å². The van der Waals surface area contributed by atoms with Gasteiger partial charge in [-0.15, -0.1) is 0 Å². The number of aromatic nitrogens is 2. The van der Waals surface area contributed by atoms with Gasteiger partial charge < -0.3 is 20.1 Å². The summed E-state index contributed by atoms with van der Waals surface area (Å²) in [6.07, 6.45) is 2.91. The van der Waals surface area contributed by atoms with Gasteiger partial charge in [0, 0.05) is 33.1 Å². The van der Waals surface area contributed by atoms with Crippen molar-refractivity contribution in [3.05, 3.63) is 48.3 Å². The van der Waals surface area contributed by atoms with Crippen molar-refractivity contribution in [3.63, 3.8) is 0 Å². The molecule has 2 amide bonds. The Kier molecular flexibility index (Phi) is 6.13. The summed E-state index contributed by atoms with van der Waals surface area (Å²) in [5.74, 6) is 0. The van der Waals surface area contributed by atoms with Crippen molar-refractivity contribution in [2.24, 2.45) is 0 Å². The Balaban J connectivity index is 1.82. The molecule has 0 saturated heterocycles. The van der Waals surface area contributed by atoms with Crippen molar-refractivity contribution in [1.29, 1.82) is 0 Å². The molecule has 0 spiro atoms. The number of likely N-dealkylation sites (N-methyl/N-ethyl adjacent to an activating group) is 1. The SMILES string of the molecule is COCC(O)CN(C)C(=O)NCc1ccc(-n2cccn2)cc1. The number of hydrogen-bond donors (Lipinski definition) is 2. The molecular formula is C16H22N4O3. The number of aliphatic hydroxyl groups excluding tert-OH is 1. The average Bonchev–Trinajstić information content (AvgIpc) is 3.07. The second-order valence-electron chi connectivity index (χ2n) is 5.27. The molecule has 1 aromatic heterocycles. The molecule has 0 fully saturated rings. The molecule has 7 heteroatoms. The molecule has 0 aliphatic rings. The number of carbonyl (C=O) groups is 1. The van der Waals surface area contributed by atoms with Gasteiger partial charge in [-0.2, -0.15) is 5.10 Å². The molecule has 0 aliphatic carbocycles. The first-order valence-electron chi connectivity index (χ1n) is 7.35. The minimum Gasteiger partial charge on any atom is -0.389 e. The Morgan fingerprint density at radius 1 is 1.43 bits per heavy atom. The van der Waals surface area contributed by atoms with Crippen LogP contribution in [0.3, 0.4) is 0 Å². The average molecular weight is 318 g/mol. The zero-order chi connectivity index (χ0) is 16.7. The third-order valence-corrected chi connectivity index (χ3v) is 3.34. The third kappa shape index (κ3) is 5.08. The van der Waals surface area contributed by atoms with Crippen LogP contribution in [0.25, 0.3) is 5.69 Å². The second-order valence-corrected chi connectivity index (χ2v) is 5.27. The number of methoxy groups -OCH3 is 1. The molecule has 0 saturated carbocycles. The van der Waals surface area contributed by atoms with Crippen LogP contribution in [0.4, 0.5) is 4.79 Å². The van der Waals surface area contributed by atoms with Crippen LogP contribution in [0, 0.1) is 0 Å². The lowest BCUT2D eigenvalue weighted by Gasteiger charge is -2.21. The maximum atomic E-state index is 12.0. The first kappa shape index (κ1) is 17.0. The van der Waals surface area contributed by atoms with Crippen molar-refractivity contribution in [2.75, 3.05) is 27.3 Å². The summed E-state index contributed by atoms with van der Waals surface area (Å²) in [7, 11) is 3.14. The van der Waals surface area contributed by atoms with E-state index < -0.39 is 6.10 Å². The molecule has 1 unspecified atom stereocenters. The highest BCUT2D eigenvalue weighted by molar-refractivity contribution is 5.73. The summed E-state index contributed by atoms with van der Waals surface area (Å²) in [4.78, 5) is 13.4. The highest BCUT2D eigenvalue weighted by Crippen LogP contribution is 2.08. The van der Waals surface area contributed by atoms with E-state index in [2.05, 4.69) is 10.4 Å². The molecule has 2 N–H and O–H groups in total. The van der Waals surface area contributed by atoms with Gasteiger partial charge in [0.15, 0.2) is 0 Å². The van der Waals surface area contributed by atoms with E-state index in [1.807, 2.05) is 36.5 Å². The van der Waals surface area contributed by atoms with Gasteiger partial charge in [0.25, 0.3) is 0 Å². The summed E-state index contributed by atoms with van der Waals surface area (Å²) < 4.78 is 6.61. The highest BCUT2D eigenvalue weighted by Gasteiger charge is 2.13. The number of rotatable bonds is 7. The number of ether oxygens (including phenoxy) is 1. The van der Waals surface area contributed by atoms with Gasteiger partial charge in [-0.1, -0.05) is 12.1 Å². The number of carbonyl (C=O) groups excluding carboxylic acids is 1. The topological polar surface area (TPSA) is 79.6 Å². The number of amides is 2. The Morgan fingerprint density at radius 2 is 2.17 bits per heavy atom. The molecule has 0 bridgehead atoms. The van der Waals surface area contributed by atoms with E-state index in [1.165, 1.54) is 12.0 Å². The van der Waals surface area contributed by atoms with Crippen LogP contribution in [0.15, 0.2) is 42.7 Å². The van der Waals surface area contributed by atoms with Crippen LogP contribution < -0.4 is 5.32 Å². The number of urea groups is 1. The highest BCUT2D eigenvalue weighted by atomic mass is 16.5. The van der Waals surface area contributed by atoms with Crippen molar-refractivity contribution in [2.45, 2.75) is 12.6 Å². The van der Waals surface area contributed by atoms with Crippen molar-refractivity contribution >= 4 is 6.03 Å². The maximum Gasteiger partial charge on any atom is 0.317 e. The van der Waals surface area contributed by atoms with E-state index in [1.54, 1.807) is 17.9 Å². The Morgan fingerprint density at radius 3 is 2.78 bits per heavy atom. The molecule has 1 atom stereocenters. The largest absolute Gasteiger partial charge is 0.389 e. The summed E-state index contributed by atoms with van der Waals surface area (Å²) >= 11 is 0. The number of nitrogens with one attached hydrogen (secondary N) is 1. The molecule has 7 nitrogen and oxygen atoms in total. The van der Waals surface area contributed by atoms with E-state index in [-0.39, 0.29) is 19.2 Å². The molecule has 0 aliphatic heterocycles. The monoisotopic (exact) mass is 318 g/mol. The standard InChI is InChI=1S/C16H22N4O3/c1-19(11-15(21)12-23-2)16(22)17-10-13-4-6-14(7-5-13)20-9-3-8-18-20/h3-9,15,21H,10-12H2,1-2H3,(H,17,22). The van der Waals surface area contributed by atoms with Crippen LogP contribution in [0.5, 0.6) is 0 Å². The molecule has 2 aromatic rings. The quantitative estimate of drug-likeness (QED) is 0.799. The van der Waals surface area contributed by atoms with Crippen LogP contribution >= 0.6 is 0 Å². The van der Waals surface area contributed by atoms with E-state index in [0.29, 0.717) is 6.54 Å². The Hall–Kier alpha value is -2.38. The predicted octanol–water partition coefficient (Wildman–Crippen LogP) is 1.02. The van der Waals surface area contributed by atoms with Crippen LogP contribution in [-0.4, -0.2) is 59.2 Å². The molecule has 124 valence electrons. The van der Waals surface area contributed by atoms with Crippen molar-refractivity contribution in [3.8, 4) is 5.69 Å². The normalized spacial score (nSPS) is 12.0. The molecule has 1 aromatic carbocycles. The summed E-state index contributed by atoms with van der Waals surface area (Å²) in [5.41, 5.74) is 1.95. The lowest BCUT2D eigenvalue weighted by Crippen LogP contribution is -2.42. The van der Waals surface area contributed by atoms with Gasteiger partial charge >= 0.3 is 6.03 Å². The molecule has 2 rings (SSSR count). The number of aliphatic hydroxyl groups is 1. The summed E-state index contributed by atoms with van der Waals surface area (Å²) in [6, 6.07) is 9.40. The van der Waals surface area contributed by atoms with Gasteiger partial charge in [-0.25, -0.2) is 9.48 Å². The molecule has 23 heavy (non-hydrogen) atoms. The van der Waals surface area contributed by atoms with E-state index in [9.17, 15) is 9.90 Å². The Bertz CT molecular complexity index is 598. The van der Waals surface area contributed by atoms with Gasteiger partial charge in [0.2, 0.25) is 0 Å². The summed E-state index contributed by atoms with van der Waals surface area (Å²) in [6.45, 7) is 0.841. The van der Waals surface area contributed by atoms with Crippen LogP contribution in [-0.2, 0) is 11.3 Å². The fourth-order valence-electron chi connectivity index (χ4n) is 2.14. The summed E-state index contributed by atoms with van der Waals surface area (Å²) in [5, 5.41) is 16.6.